The first kappa shape index (κ1) is 16.5. The van der Waals surface area contributed by atoms with Gasteiger partial charge in [-0.25, -0.2) is 8.42 Å². The second-order valence-electron chi connectivity index (χ2n) is 6.48. The molecule has 4 saturated carbocycles. The van der Waals surface area contributed by atoms with Crippen LogP contribution >= 0.6 is 0 Å². The largest absolute Gasteiger partial charge is 0.512 e. The van der Waals surface area contributed by atoms with Gasteiger partial charge < -0.3 is 0 Å². The second-order valence-corrected chi connectivity index (χ2v) is 9.72. The van der Waals surface area contributed by atoms with Crippen molar-refractivity contribution in [2.24, 2.45) is 23.7 Å². The molecule has 22 heavy (non-hydrogen) atoms. The second kappa shape index (κ2) is 5.05. The van der Waals surface area contributed by atoms with Crippen molar-refractivity contribution in [2.75, 3.05) is 0 Å². The van der Waals surface area contributed by atoms with Gasteiger partial charge in [-0.3, -0.25) is 4.18 Å². The van der Waals surface area contributed by atoms with Gasteiger partial charge >= 0.3 is 25.8 Å². The monoisotopic (exact) mass is 363 g/mol. The molecule has 0 saturated heterocycles. The lowest BCUT2D eigenvalue weighted by atomic mass is 9.55. The normalized spacial score (nSPS) is 38.4. The fourth-order valence-electron chi connectivity index (χ4n) is 4.38. The van der Waals surface area contributed by atoms with Crippen LogP contribution in [0.5, 0.6) is 0 Å². The molecule has 4 rings (SSSR count). The Morgan fingerprint density at radius 2 is 1.32 bits per heavy atom. The Labute approximate surface area is 126 Å². The number of hydrogen-bond donors (Lipinski definition) is 1. The van der Waals surface area contributed by atoms with Crippen LogP contribution in [-0.2, 0) is 24.5 Å². The molecule has 0 spiro atoms. The zero-order valence-electron chi connectivity index (χ0n) is 11.4. The summed E-state index contributed by atoms with van der Waals surface area (Å²) in [5.74, 6) is 0.997. The van der Waals surface area contributed by atoms with E-state index in [1.165, 1.54) is 0 Å². The van der Waals surface area contributed by atoms with Crippen molar-refractivity contribution in [1.82, 2.24) is 4.13 Å². The minimum atomic E-state index is -5.99. The average molecular weight is 363 g/mol. The summed E-state index contributed by atoms with van der Waals surface area (Å²) in [5, 5.41) is 0. The maximum atomic E-state index is 12.3. The van der Waals surface area contributed by atoms with Gasteiger partial charge in [0.05, 0.1) is 6.10 Å². The molecule has 0 radical (unpaired) electrons. The van der Waals surface area contributed by atoms with Crippen LogP contribution in [0.2, 0.25) is 0 Å². The highest BCUT2D eigenvalue weighted by Gasteiger charge is 2.52. The van der Waals surface area contributed by atoms with Gasteiger partial charge in [0, 0.05) is 0 Å². The maximum absolute atomic E-state index is 12.3. The lowest BCUT2D eigenvalue weighted by molar-refractivity contribution is -0.0769. The summed E-state index contributed by atoms with van der Waals surface area (Å²) < 4.78 is 87.4. The molecule has 0 aromatic rings. The fourth-order valence-corrected chi connectivity index (χ4v) is 6.60. The van der Waals surface area contributed by atoms with Gasteiger partial charge in [0.25, 0.3) is 0 Å². The first-order valence-corrected chi connectivity index (χ1v) is 9.89. The molecule has 0 aromatic carbocycles. The van der Waals surface area contributed by atoms with Gasteiger partial charge in [0.2, 0.25) is 0 Å². The third kappa shape index (κ3) is 3.00. The maximum Gasteiger partial charge on any atom is 0.512 e. The predicted octanol–water partition coefficient (Wildman–Crippen LogP) is 1.51. The molecule has 4 aliphatic carbocycles. The minimum absolute atomic E-state index is 0.0265. The van der Waals surface area contributed by atoms with Crippen LogP contribution in [0.1, 0.15) is 32.1 Å². The lowest BCUT2D eigenvalue weighted by Gasteiger charge is -2.53. The number of hydrogen-bond acceptors (Lipinski definition) is 5. The summed E-state index contributed by atoms with van der Waals surface area (Å²) in [6.45, 7) is 0. The third-order valence-electron chi connectivity index (χ3n) is 4.89. The Morgan fingerprint density at radius 1 is 0.864 bits per heavy atom. The third-order valence-corrected chi connectivity index (χ3v) is 7.67. The standard InChI is InChI=1S/C11H16F3NO5S2/c12-11(13,14)21(16,17)15-22(18,19)20-10-8-2-6-1-7(4-8)5-9(10)3-6/h6-10,15H,1-5H2. The van der Waals surface area contributed by atoms with Crippen molar-refractivity contribution in [3.8, 4) is 0 Å². The molecule has 0 amide bonds. The molecule has 4 bridgehead atoms. The molecule has 0 aliphatic heterocycles. The van der Waals surface area contributed by atoms with Gasteiger partial charge in [-0.1, -0.05) is 4.13 Å². The number of nitrogens with one attached hydrogen (secondary N) is 1. The van der Waals surface area contributed by atoms with Gasteiger partial charge in [-0.15, -0.1) is 0 Å². The quantitative estimate of drug-likeness (QED) is 0.818. The SMILES string of the molecule is O=S(=O)(NS(=O)(=O)C(F)(F)F)OC1C2CC3CC(C2)CC1C3. The zero-order valence-corrected chi connectivity index (χ0v) is 13.0. The summed E-state index contributed by atoms with van der Waals surface area (Å²) in [5.41, 5.74) is -5.70. The Morgan fingerprint density at radius 3 is 1.73 bits per heavy atom. The highest BCUT2D eigenvalue weighted by molar-refractivity contribution is 8.03. The molecule has 0 unspecified atom stereocenters. The van der Waals surface area contributed by atoms with Gasteiger partial charge in [-0.05, 0) is 55.8 Å². The van der Waals surface area contributed by atoms with Crippen molar-refractivity contribution < 1.29 is 34.2 Å². The van der Waals surface area contributed by atoms with Crippen LogP contribution in [0.15, 0.2) is 0 Å². The number of alkyl halides is 3. The van der Waals surface area contributed by atoms with Crippen LogP contribution in [0, 0.1) is 23.7 Å². The predicted molar refractivity (Wildman–Crippen MR) is 68.9 cm³/mol. The van der Waals surface area contributed by atoms with E-state index in [-0.39, 0.29) is 11.8 Å². The molecule has 0 heterocycles. The Hall–Kier alpha value is -0.390. The summed E-state index contributed by atoms with van der Waals surface area (Å²) >= 11 is 0. The average Bonchev–Trinajstić information content (AvgIpc) is 2.30. The van der Waals surface area contributed by atoms with Crippen molar-refractivity contribution >= 4 is 20.3 Å². The smallest absolute Gasteiger partial charge is 0.253 e. The lowest BCUT2D eigenvalue weighted by Crippen LogP contribution is -2.52. The van der Waals surface area contributed by atoms with Gasteiger partial charge in [0.1, 0.15) is 0 Å². The van der Waals surface area contributed by atoms with Crippen LogP contribution in [0.4, 0.5) is 13.2 Å². The van der Waals surface area contributed by atoms with E-state index in [2.05, 4.69) is 0 Å². The van der Waals surface area contributed by atoms with E-state index in [0.717, 1.165) is 32.1 Å². The molecule has 0 atom stereocenters. The molecule has 6 nitrogen and oxygen atoms in total. The van der Waals surface area contributed by atoms with Crippen LogP contribution in [0.3, 0.4) is 0 Å². The molecule has 11 heteroatoms. The number of halogens is 3. The van der Waals surface area contributed by atoms with E-state index in [0.29, 0.717) is 16.0 Å². The van der Waals surface area contributed by atoms with E-state index >= 15 is 0 Å². The molecular weight excluding hydrogens is 347 g/mol. The van der Waals surface area contributed by atoms with Crippen LogP contribution < -0.4 is 4.13 Å². The Balaban J connectivity index is 1.73. The molecule has 1 N–H and O–H groups in total. The fraction of sp³-hybridized carbons (Fsp3) is 1.00. The molecule has 4 fully saturated rings. The van der Waals surface area contributed by atoms with Gasteiger partial charge in [0.15, 0.2) is 0 Å². The summed E-state index contributed by atoms with van der Waals surface area (Å²) in [6.07, 6.45) is 3.55. The topological polar surface area (TPSA) is 89.5 Å². The Kier molecular flexibility index (Phi) is 3.78. The molecule has 4 aliphatic rings. The molecule has 0 aromatic heterocycles. The summed E-state index contributed by atoms with van der Waals surface area (Å²) in [7, 11) is -11.0. The summed E-state index contributed by atoms with van der Waals surface area (Å²) in [4.78, 5) is 0. The summed E-state index contributed by atoms with van der Waals surface area (Å²) in [6, 6.07) is 0. The van der Waals surface area contributed by atoms with Crippen molar-refractivity contribution in [2.45, 2.75) is 43.7 Å². The first-order valence-electron chi connectivity index (χ1n) is 7.00. The van der Waals surface area contributed by atoms with Crippen molar-refractivity contribution in [3.63, 3.8) is 0 Å². The van der Waals surface area contributed by atoms with E-state index in [1.807, 2.05) is 0 Å². The van der Waals surface area contributed by atoms with E-state index < -0.39 is 31.9 Å². The van der Waals surface area contributed by atoms with E-state index in [1.54, 1.807) is 0 Å². The highest BCUT2D eigenvalue weighted by atomic mass is 32.3. The number of rotatable bonds is 4. The van der Waals surface area contributed by atoms with Crippen LogP contribution in [0.25, 0.3) is 0 Å². The highest BCUT2D eigenvalue weighted by Crippen LogP contribution is 2.54. The molecular formula is C11H16F3NO5S2. The van der Waals surface area contributed by atoms with E-state index in [9.17, 15) is 30.0 Å². The first-order chi connectivity index (χ1) is 9.97. The van der Waals surface area contributed by atoms with Gasteiger partial charge in [-0.2, -0.15) is 21.6 Å². The van der Waals surface area contributed by atoms with E-state index in [4.69, 9.17) is 4.18 Å². The zero-order chi connectivity index (χ0) is 16.3. The van der Waals surface area contributed by atoms with Crippen molar-refractivity contribution in [1.29, 1.82) is 0 Å². The number of sulfonamides is 1. The molecule has 128 valence electrons. The van der Waals surface area contributed by atoms with Crippen LogP contribution in [-0.4, -0.2) is 28.4 Å². The minimum Gasteiger partial charge on any atom is -0.253 e. The van der Waals surface area contributed by atoms with Crippen molar-refractivity contribution in [3.05, 3.63) is 0 Å². The Bertz CT molecular complexity index is 630.